The second-order valence-electron chi connectivity index (χ2n) is 7.20. The van der Waals surface area contributed by atoms with Crippen molar-refractivity contribution in [2.75, 3.05) is 39.3 Å². The van der Waals surface area contributed by atoms with Crippen molar-refractivity contribution in [2.24, 2.45) is 5.92 Å². The van der Waals surface area contributed by atoms with Crippen LogP contribution in [0.1, 0.15) is 38.5 Å². The lowest BCUT2D eigenvalue weighted by Gasteiger charge is -2.34. The number of carbonyl (C=O) groups is 1. The van der Waals surface area contributed by atoms with Gasteiger partial charge >= 0.3 is 6.03 Å². The molecule has 6 heteroatoms. The number of likely N-dealkylation sites (tertiary alicyclic amines) is 1. The number of ether oxygens (including phenoxy) is 1. The molecule has 1 aromatic rings. The van der Waals surface area contributed by atoms with E-state index in [2.05, 4.69) is 24.1 Å². The molecule has 24 heavy (non-hydrogen) atoms. The van der Waals surface area contributed by atoms with E-state index in [9.17, 15) is 4.79 Å². The molecule has 134 valence electrons. The Kier molecular flexibility index (Phi) is 5.79. The third kappa shape index (κ3) is 4.30. The smallest absolute Gasteiger partial charge is 0.318 e. The van der Waals surface area contributed by atoms with Crippen molar-refractivity contribution in [1.82, 2.24) is 15.1 Å². The van der Waals surface area contributed by atoms with E-state index in [0.29, 0.717) is 12.5 Å². The first-order chi connectivity index (χ1) is 11.6. The highest BCUT2D eigenvalue weighted by Crippen LogP contribution is 2.31. The first-order valence-corrected chi connectivity index (χ1v) is 9.05. The number of nitrogens with zero attached hydrogens (tertiary/aromatic N) is 2. The van der Waals surface area contributed by atoms with Gasteiger partial charge in [-0.1, -0.05) is 13.8 Å². The van der Waals surface area contributed by atoms with Gasteiger partial charge in [-0.05, 0) is 30.9 Å². The number of furan rings is 1. The van der Waals surface area contributed by atoms with Gasteiger partial charge in [0.2, 0.25) is 0 Å². The molecule has 3 rings (SSSR count). The molecule has 2 aliphatic heterocycles. The zero-order chi connectivity index (χ0) is 16.9. The average Bonchev–Trinajstić information content (AvgIpc) is 3.22. The molecular formula is C18H29N3O3. The highest BCUT2D eigenvalue weighted by atomic mass is 16.5. The molecule has 2 fully saturated rings. The molecule has 0 saturated carbocycles. The molecule has 2 aliphatic rings. The van der Waals surface area contributed by atoms with Crippen molar-refractivity contribution in [2.45, 2.75) is 38.8 Å². The molecule has 2 amide bonds. The Labute approximate surface area is 144 Å². The molecule has 2 atom stereocenters. The lowest BCUT2D eigenvalue weighted by molar-refractivity contribution is -0.0294. The summed E-state index contributed by atoms with van der Waals surface area (Å²) in [6.45, 7) is 9.50. The van der Waals surface area contributed by atoms with E-state index in [4.69, 9.17) is 9.15 Å². The summed E-state index contributed by atoms with van der Waals surface area (Å²) in [6.07, 6.45) is 3.72. The summed E-state index contributed by atoms with van der Waals surface area (Å²) in [6, 6.07) is 3.87. The first-order valence-electron chi connectivity index (χ1n) is 9.05. The van der Waals surface area contributed by atoms with Crippen LogP contribution < -0.4 is 5.32 Å². The molecule has 0 radical (unpaired) electrons. The van der Waals surface area contributed by atoms with Crippen LogP contribution in [0.5, 0.6) is 0 Å². The van der Waals surface area contributed by atoms with Gasteiger partial charge in [-0.25, -0.2) is 4.79 Å². The van der Waals surface area contributed by atoms with Crippen LogP contribution in [0.25, 0.3) is 0 Å². The van der Waals surface area contributed by atoms with Crippen LogP contribution in [-0.2, 0) is 4.74 Å². The van der Waals surface area contributed by atoms with Crippen molar-refractivity contribution in [1.29, 1.82) is 0 Å². The van der Waals surface area contributed by atoms with Crippen molar-refractivity contribution in [3.05, 3.63) is 24.2 Å². The zero-order valence-electron chi connectivity index (χ0n) is 14.7. The van der Waals surface area contributed by atoms with Gasteiger partial charge in [0.1, 0.15) is 5.76 Å². The van der Waals surface area contributed by atoms with Gasteiger partial charge in [-0.2, -0.15) is 0 Å². The highest BCUT2D eigenvalue weighted by Gasteiger charge is 2.32. The van der Waals surface area contributed by atoms with Crippen molar-refractivity contribution >= 4 is 6.03 Å². The number of morpholine rings is 1. The molecule has 3 heterocycles. The van der Waals surface area contributed by atoms with Crippen LogP contribution in [-0.4, -0.2) is 61.3 Å². The Morgan fingerprint density at radius 2 is 2.29 bits per heavy atom. The largest absolute Gasteiger partial charge is 0.467 e. The lowest BCUT2D eigenvalue weighted by Crippen LogP contribution is -2.50. The number of urea groups is 1. The molecular weight excluding hydrogens is 306 g/mol. The van der Waals surface area contributed by atoms with E-state index in [1.54, 1.807) is 6.26 Å². The van der Waals surface area contributed by atoms with Gasteiger partial charge in [0.15, 0.2) is 0 Å². The third-order valence-electron chi connectivity index (χ3n) is 4.71. The van der Waals surface area contributed by atoms with Crippen LogP contribution in [0.4, 0.5) is 4.79 Å². The van der Waals surface area contributed by atoms with Crippen LogP contribution in [0.3, 0.4) is 0 Å². The number of hydrogen-bond acceptors (Lipinski definition) is 4. The van der Waals surface area contributed by atoms with Gasteiger partial charge in [0.25, 0.3) is 0 Å². The summed E-state index contributed by atoms with van der Waals surface area (Å²) in [5, 5.41) is 3.05. The average molecular weight is 335 g/mol. The van der Waals surface area contributed by atoms with Crippen molar-refractivity contribution in [3.63, 3.8) is 0 Å². The molecule has 0 unspecified atom stereocenters. The van der Waals surface area contributed by atoms with E-state index in [-0.39, 0.29) is 18.2 Å². The minimum absolute atomic E-state index is 0.0153. The van der Waals surface area contributed by atoms with Gasteiger partial charge in [-0.15, -0.1) is 0 Å². The minimum atomic E-state index is -0.0153. The van der Waals surface area contributed by atoms with Gasteiger partial charge in [0, 0.05) is 32.7 Å². The van der Waals surface area contributed by atoms with Crippen molar-refractivity contribution < 1.29 is 13.9 Å². The van der Waals surface area contributed by atoms with Gasteiger partial charge in [0.05, 0.1) is 25.0 Å². The quantitative estimate of drug-likeness (QED) is 0.898. The maximum Gasteiger partial charge on any atom is 0.318 e. The van der Waals surface area contributed by atoms with E-state index in [1.165, 1.54) is 0 Å². The van der Waals surface area contributed by atoms with Gasteiger partial charge in [-0.3, -0.25) is 4.90 Å². The Morgan fingerprint density at radius 3 is 3.04 bits per heavy atom. The molecule has 0 spiro atoms. The number of nitrogens with one attached hydrogen (secondary N) is 1. The van der Waals surface area contributed by atoms with Crippen LogP contribution in [0.15, 0.2) is 22.8 Å². The summed E-state index contributed by atoms with van der Waals surface area (Å²) in [5.41, 5.74) is 0. The number of rotatable bonds is 5. The lowest BCUT2D eigenvalue weighted by atomic mass is 10.1. The molecule has 6 nitrogen and oxygen atoms in total. The normalized spacial score (nSPS) is 25.4. The van der Waals surface area contributed by atoms with Crippen LogP contribution in [0, 0.1) is 5.92 Å². The Morgan fingerprint density at radius 1 is 1.42 bits per heavy atom. The van der Waals surface area contributed by atoms with Crippen LogP contribution in [0.2, 0.25) is 0 Å². The molecule has 1 aromatic heterocycles. The summed E-state index contributed by atoms with van der Waals surface area (Å²) >= 11 is 0. The number of carbonyl (C=O) groups excluding carboxylic acids is 1. The number of amides is 2. The van der Waals surface area contributed by atoms with E-state index in [1.807, 2.05) is 17.0 Å². The predicted octanol–water partition coefficient (Wildman–Crippen LogP) is 2.48. The fourth-order valence-corrected chi connectivity index (χ4v) is 3.68. The fourth-order valence-electron chi connectivity index (χ4n) is 3.68. The van der Waals surface area contributed by atoms with E-state index < -0.39 is 0 Å². The zero-order valence-corrected chi connectivity index (χ0v) is 14.7. The molecule has 0 aliphatic carbocycles. The fraction of sp³-hybridized carbons (Fsp3) is 0.722. The maximum atomic E-state index is 12.6. The highest BCUT2D eigenvalue weighted by molar-refractivity contribution is 5.75. The maximum absolute atomic E-state index is 12.6. The standard InChI is InChI=1S/C18H29N3O3/c1-14(2)12-20-8-10-23-15(13-20)11-19-18(22)21-7-3-5-16(21)17-6-4-9-24-17/h4,6,9,14-16H,3,5,7-8,10-13H2,1-2H3,(H,19,22)/t15-,16-/m0/s1. The third-order valence-corrected chi connectivity index (χ3v) is 4.71. The predicted molar refractivity (Wildman–Crippen MR) is 91.8 cm³/mol. The first kappa shape index (κ1) is 17.3. The Bertz CT molecular complexity index is 518. The summed E-state index contributed by atoms with van der Waals surface area (Å²) in [4.78, 5) is 16.9. The van der Waals surface area contributed by atoms with Crippen LogP contribution >= 0.6 is 0 Å². The molecule has 0 bridgehead atoms. The summed E-state index contributed by atoms with van der Waals surface area (Å²) in [7, 11) is 0. The summed E-state index contributed by atoms with van der Waals surface area (Å²) in [5.74, 6) is 1.52. The monoisotopic (exact) mass is 335 g/mol. The van der Waals surface area contributed by atoms with Gasteiger partial charge < -0.3 is 19.4 Å². The second-order valence-corrected chi connectivity index (χ2v) is 7.20. The minimum Gasteiger partial charge on any atom is -0.467 e. The topological polar surface area (TPSA) is 58.0 Å². The second kappa shape index (κ2) is 8.03. The molecule has 1 N–H and O–H groups in total. The SMILES string of the molecule is CC(C)CN1CCO[C@@H](CNC(=O)N2CCC[C@H]2c2ccco2)C1. The van der Waals surface area contributed by atoms with E-state index in [0.717, 1.165) is 51.4 Å². The van der Waals surface area contributed by atoms with E-state index >= 15 is 0 Å². The molecule has 0 aromatic carbocycles. The number of hydrogen-bond donors (Lipinski definition) is 1. The Balaban J connectivity index is 1.48. The summed E-state index contributed by atoms with van der Waals surface area (Å²) < 4.78 is 11.3. The van der Waals surface area contributed by atoms with Crippen molar-refractivity contribution in [3.8, 4) is 0 Å². The molecule has 2 saturated heterocycles. The Hall–Kier alpha value is -1.53.